The van der Waals surface area contributed by atoms with Crippen LogP contribution in [0.15, 0.2) is 153 Å². The van der Waals surface area contributed by atoms with Gasteiger partial charge >= 0.3 is 41.8 Å². The highest BCUT2D eigenvalue weighted by molar-refractivity contribution is 5.97. The summed E-state index contributed by atoms with van der Waals surface area (Å²) < 4.78 is 55.7. The number of hydrogen-bond acceptors (Lipinski definition) is 17. The fourth-order valence-electron chi connectivity index (χ4n) is 9.67. The number of esters is 7. The van der Waals surface area contributed by atoms with Crippen LogP contribution in [0.2, 0.25) is 0 Å². The molecule has 17 heteroatoms. The Balaban J connectivity index is 1.08. The Labute approximate surface area is 549 Å². The first kappa shape index (κ1) is 74.7. The second-order valence-electron chi connectivity index (χ2n) is 22.5. The molecule has 17 nitrogen and oxygen atoms in total. The number of carbonyl (C=O) groups excluding carboxylic acids is 7. The van der Waals surface area contributed by atoms with E-state index in [-0.39, 0.29) is 52.5 Å². The molecule has 0 spiro atoms. The van der Waals surface area contributed by atoms with Gasteiger partial charge in [-0.2, -0.15) is 0 Å². The second-order valence-corrected chi connectivity index (χ2v) is 22.5. The Bertz CT molecular complexity index is 3040. The van der Waals surface area contributed by atoms with Crippen LogP contribution in [-0.2, 0) is 39.9 Å². The molecule has 5 rings (SSSR count). The molecule has 0 aliphatic heterocycles. The lowest BCUT2D eigenvalue weighted by molar-refractivity contribution is -0.138. The first-order valence-corrected chi connectivity index (χ1v) is 33.1. The largest absolute Gasteiger partial charge is 0.494 e. The number of hydrogen-bond donors (Lipinski definition) is 0. The fourth-order valence-corrected chi connectivity index (χ4v) is 9.67. The van der Waals surface area contributed by atoms with Crippen molar-refractivity contribution in [1.82, 2.24) is 0 Å². The maximum atomic E-state index is 13.9. The van der Waals surface area contributed by atoms with Crippen molar-refractivity contribution in [1.29, 1.82) is 0 Å². The molecule has 0 fully saturated rings. The van der Waals surface area contributed by atoms with Gasteiger partial charge in [-0.3, -0.25) is 0 Å². The molecule has 0 amide bonds. The molecule has 500 valence electrons. The topological polar surface area (TPSA) is 212 Å². The van der Waals surface area contributed by atoms with Gasteiger partial charge in [0.1, 0.15) is 46.7 Å². The predicted molar refractivity (Wildman–Crippen MR) is 356 cm³/mol. The molecule has 0 saturated heterocycles. The standard InChI is InChI=1S/C76H94O17/c1-4-70(77)87-54-30-24-17-13-9-7-11-15-21-27-51-84-64-45-37-61(38-46-64)74(81)92-67-49-50-69(93-75(82)62-39-47-65(48-40-62)86-52-28-22-16-12-8-10-14-18-25-31-55-88-71(78)5-2)68(57-67)76(83)90-58-59-33-41-66(42-34-59)91-73(80)60-35-43-63(44-36-60)85-53-29-23-19-20-26-32-56-89-72(79)6-3/h4-6,33-50,57H,1-3,7-32,51-56,58H2. The molecule has 0 aliphatic rings. The number of unbranched alkanes of at least 4 members (excludes halogenated alkanes) is 23. The van der Waals surface area contributed by atoms with Gasteiger partial charge in [-0.25, -0.2) is 33.6 Å². The van der Waals surface area contributed by atoms with Crippen LogP contribution < -0.4 is 28.4 Å². The molecule has 0 bridgehead atoms. The summed E-state index contributed by atoms with van der Waals surface area (Å²) in [6, 6.07) is 30.3. The second kappa shape index (κ2) is 46.1. The van der Waals surface area contributed by atoms with Gasteiger partial charge in [0, 0.05) is 18.2 Å². The number of rotatable bonds is 50. The maximum absolute atomic E-state index is 13.9. The van der Waals surface area contributed by atoms with Crippen molar-refractivity contribution in [3.63, 3.8) is 0 Å². The van der Waals surface area contributed by atoms with E-state index in [4.69, 9.17) is 47.4 Å². The zero-order valence-electron chi connectivity index (χ0n) is 54.1. The summed E-state index contributed by atoms with van der Waals surface area (Å²) in [5.41, 5.74) is 1.17. The summed E-state index contributed by atoms with van der Waals surface area (Å²) >= 11 is 0. The Morgan fingerprint density at radius 1 is 0.280 bits per heavy atom. The van der Waals surface area contributed by atoms with Crippen LogP contribution >= 0.6 is 0 Å². The molecule has 0 heterocycles. The first-order chi connectivity index (χ1) is 45.4. The van der Waals surface area contributed by atoms with E-state index in [9.17, 15) is 33.6 Å². The van der Waals surface area contributed by atoms with E-state index in [2.05, 4.69) is 19.7 Å². The molecule has 0 radical (unpaired) electrons. The highest BCUT2D eigenvalue weighted by Crippen LogP contribution is 2.29. The van der Waals surface area contributed by atoms with Gasteiger partial charge in [-0.1, -0.05) is 160 Å². The highest BCUT2D eigenvalue weighted by Gasteiger charge is 2.22. The van der Waals surface area contributed by atoms with Crippen molar-refractivity contribution in [3.8, 4) is 34.5 Å². The van der Waals surface area contributed by atoms with Gasteiger partial charge in [-0.05, 0) is 147 Å². The Morgan fingerprint density at radius 2 is 0.559 bits per heavy atom. The molecule has 0 N–H and O–H groups in total. The summed E-state index contributed by atoms with van der Waals surface area (Å²) in [4.78, 5) is 87.5. The lowest BCUT2D eigenvalue weighted by Gasteiger charge is -2.13. The number of carbonyl (C=O) groups is 7. The summed E-state index contributed by atoms with van der Waals surface area (Å²) in [7, 11) is 0. The minimum atomic E-state index is -0.868. The third-order valence-corrected chi connectivity index (χ3v) is 15.0. The molecule has 0 atom stereocenters. The minimum Gasteiger partial charge on any atom is -0.494 e. The van der Waals surface area contributed by atoms with Crippen LogP contribution in [0.3, 0.4) is 0 Å². The summed E-state index contributed by atoms with van der Waals surface area (Å²) in [6.07, 6.45) is 30.9. The van der Waals surface area contributed by atoms with Crippen LogP contribution in [-0.4, -0.2) is 81.4 Å². The van der Waals surface area contributed by atoms with E-state index in [1.807, 2.05) is 0 Å². The Morgan fingerprint density at radius 3 is 0.892 bits per heavy atom. The Hall–Kier alpha value is -8.99. The van der Waals surface area contributed by atoms with Gasteiger partial charge in [0.2, 0.25) is 0 Å². The predicted octanol–water partition coefficient (Wildman–Crippen LogP) is 17.2. The summed E-state index contributed by atoms with van der Waals surface area (Å²) in [6.45, 7) is 12.9. The smallest absolute Gasteiger partial charge is 0.343 e. The van der Waals surface area contributed by atoms with E-state index in [0.29, 0.717) is 68.0 Å². The van der Waals surface area contributed by atoms with Crippen molar-refractivity contribution >= 4 is 41.8 Å². The minimum absolute atomic E-state index is 0.00112. The van der Waals surface area contributed by atoms with E-state index < -0.39 is 29.8 Å². The molecule has 0 aliphatic carbocycles. The fraction of sp³-hybridized carbons (Fsp3) is 0.434. The Kier molecular flexibility index (Phi) is 37.1. The molecule has 0 aromatic heterocycles. The van der Waals surface area contributed by atoms with Crippen molar-refractivity contribution < 1.29 is 80.9 Å². The van der Waals surface area contributed by atoms with Crippen molar-refractivity contribution in [2.45, 2.75) is 174 Å². The number of benzene rings is 5. The van der Waals surface area contributed by atoms with Crippen LogP contribution in [0.25, 0.3) is 0 Å². The first-order valence-electron chi connectivity index (χ1n) is 33.1. The van der Waals surface area contributed by atoms with Gasteiger partial charge in [0.05, 0.1) is 56.3 Å². The molecule has 0 unspecified atom stereocenters. The third-order valence-electron chi connectivity index (χ3n) is 15.0. The molecule has 5 aromatic rings. The van der Waals surface area contributed by atoms with E-state index in [0.717, 1.165) is 128 Å². The van der Waals surface area contributed by atoms with Gasteiger partial charge in [0.25, 0.3) is 0 Å². The van der Waals surface area contributed by atoms with Crippen molar-refractivity contribution in [2.75, 3.05) is 39.6 Å². The van der Waals surface area contributed by atoms with Gasteiger partial charge in [-0.15, -0.1) is 0 Å². The van der Waals surface area contributed by atoms with Crippen LogP contribution in [0.5, 0.6) is 34.5 Å². The normalized spacial score (nSPS) is 10.7. The van der Waals surface area contributed by atoms with Gasteiger partial charge in [0.15, 0.2) is 0 Å². The lowest BCUT2D eigenvalue weighted by atomic mass is 10.1. The quantitative estimate of drug-likeness (QED) is 0.0116. The van der Waals surface area contributed by atoms with E-state index >= 15 is 0 Å². The van der Waals surface area contributed by atoms with E-state index in [1.165, 1.54) is 75.3 Å². The molecular weight excluding hydrogens is 1180 g/mol. The monoisotopic (exact) mass is 1280 g/mol. The van der Waals surface area contributed by atoms with Crippen LogP contribution in [0.4, 0.5) is 0 Å². The zero-order valence-corrected chi connectivity index (χ0v) is 54.1. The van der Waals surface area contributed by atoms with Gasteiger partial charge < -0.3 is 47.4 Å². The van der Waals surface area contributed by atoms with E-state index in [1.54, 1.807) is 97.1 Å². The SMILES string of the molecule is C=CC(=O)OCCCCCCCCCCCCOc1ccc(C(=O)Oc2ccc(OC(=O)c3ccc(OCCCCCCCCCCCCOC(=O)C=C)cc3)c(C(=O)OCc3ccc(OC(=O)c4ccc(OCCCCCCCCOC(=O)C=C)cc4)cc3)c2)cc1. The average molecular weight is 1280 g/mol. The molecule has 5 aromatic carbocycles. The highest BCUT2D eigenvalue weighted by atomic mass is 16.6. The zero-order chi connectivity index (χ0) is 66.4. The third kappa shape index (κ3) is 32.2. The molecule has 93 heavy (non-hydrogen) atoms. The molecular formula is C76H94O17. The number of ether oxygens (including phenoxy) is 10. The summed E-state index contributed by atoms with van der Waals surface area (Å²) in [5, 5.41) is 0. The maximum Gasteiger partial charge on any atom is 0.343 e. The van der Waals surface area contributed by atoms with Crippen molar-refractivity contribution in [2.24, 2.45) is 0 Å². The lowest BCUT2D eigenvalue weighted by Crippen LogP contribution is -2.14. The average Bonchev–Trinajstić information content (AvgIpc) is 2.51. The van der Waals surface area contributed by atoms with Crippen LogP contribution in [0.1, 0.15) is 214 Å². The van der Waals surface area contributed by atoms with Crippen LogP contribution in [0, 0.1) is 0 Å². The van der Waals surface area contributed by atoms with Crippen molar-refractivity contribution in [3.05, 3.63) is 181 Å². The summed E-state index contributed by atoms with van der Waals surface area (Å²) in [5.74, 6) is -2.03. The molecule has 0 saturated carbocycles.